The summed E-state index contributed by atoms with van der Waals surface area (Å²) >= 11 is 13.2. The van der Waals surface area contributed by atoms with Gasteiger partial charge in [0.1, 0.15) is 16.5 Å². The van der Waals surface area contributed by atoms with Crippen LogP contribution in [-0.2, 0) is 0 Å². The first-order chi connectivity index (χ1) is 9.92. The zero-order valence-electron chi connectivity index (χ0n) is 13.2. The van der Waals surface area contributed by atoms with E-state index in [1.54, 1.807) is 14.2 Å². The van der Waals surface area contributed by atoms with Crippen molar-refractivity contribution in [2.75, 3.05) is 14.2 Å². The van der Waals surface area contributed by atoms with Gasteiger partial charge in [-0.2, -0.15) is 0 Å². The summed E-state index contributed by atoms with van der Waals surface area (Å²) in [5.74, 6) is 1.67. The van der Waals surface area contributed by atoms with Crippen LogP contribution in [0.1, 0.15) is 50.5 Å². The van der Waals surface area contributed by atoms with Crippen molar-refractivity contribution < 1.29 is 9.47 Å². The van der Waals surface area contributed by atoms with Gasteiger partial charge in [-0.3, -0.25) is 0 Å². The maximum absolute atomic E-state index is 6.84. The molecule has 1 aliphatic rings. The Bertz CT molecular complexity index is 500. The standard InChI is InChI=1S/C17H24Cl2O2/c1-17(2)10-6-5-7-12(17)14(18)11-8-9-13(20-3)15(19)16(11)21-4/h8-9,12,14H,5-7,10H2,1-4H3. The molecule has 0 spiro atoms. The molecule has 0 saturated heterocycles. The Morgan fingerprint density at radius 1 is 1.19 bits per heavy atom. The Hall–Kier alpha value is -0.600. The fourth-order valence-corrected chi connectivity index (χ4v) is 4.38. The predicted octanol–water partition coefficient (Wildman–Crippen LogP) is 5.85. The maximum Gasteiger partial charge on any atom is 0.145 e. The van der Waals surface area contributed by atoms with Crippen LogP contribution in [0.2, 0.25) is 5.02 Å². The van der Waals surface area contributed by atoms with E-state index >= 15 is 0 Å². The average Bonchev–Trinajstić information content (AvgIpc) is 2.45. The minimum Gasteiger partial charge on any atom is -0.495 e. The second-order valence-electron chi connectivity index (χ2n) is 6.45. The average molecular weight is 331 g/mol. The third kappa shape index (κ3) is 3.27. The first-order valence-corrected chi connectivity index (χ1v) is 8.28. The third-order valence-electron chi connectivity index (χ3n) is 4.76. The zero-order chi connectivity index (χ0) is 15.6. The molecular formula is C17H24Cl2O2. The van der Waals surface area contributed by atoms with Gasteiger partial charge in [0, 0.05) is 5.56 Å². The van der Waals surface area contributed by atoms with Gasteiger partial charge in [-0.1, -0.05) is 44.4 Å². The Labute approximate surface area is 137 Å². The van der Waals surface area contributed by atoms with E-state index in [0.717, 1.165) is 12.0 Å². The second-order valence-corrected chi connectivity index (χ2v) is 7.30. The fourth-order valence-electron chi connectivity index (χ4n) is 3.42. The molecule has 0 radical (unpaired) electrons. The molecule has 2 nitrogen and oxygen atoms in total. The van der Waals surface area contributed by atoms with Gasteiger partial charge in [-0.15, -0.1) is 11.6 Å². The molecule has 0 aliphatic heterocycles. The van der Waals surface area contributed by atoms with Crippen LogP contribution in [0.3, 0.4) is 0 Å². The highest BCUT2D eigenvalue weighted by Crippen LogP contribution is 2.52. The Morgan fingerprint density at radius 2 is 1.90 bits per heavy atom. The monoisotopic (exact) mass is 330 g/mol. The van der Waals surface area contributed by atoms with Gasteiger partial charge in [-0.05, 0) is 30.2 Å². The lowest BCUT2D eigenvalue weighted by atomic mass is 9.66. The molecule has 2 rings (SSSR count). The first-order valence-electron chi connectivity index (χ1n) is 7.47. The number of alkyl halides is 1. The molecule has 1 aromatic carbocycles. The number of benzene rings is 1. The highest BCUT2D eigenvalue weighted by molar-refractivity contribution is 6.34. The molecule has 0 amide bonds. The van der Waals surface area contributed by atoms with Gasteiger partial charge >= 0.3 is 0 Å². The molecule has 0 bridgehead atoms. The van der Waals surface area contributed by atoms with E-state index in [1.807, 2.05) is 12.1 Å². The van der Waals surface area contributed by atoms with Crippen molar-refractivity contribution in [3.05, 3.63) is 22.7 Å². The smallest absolute Gasteiger partial charge is 0.145 e. The van der Waals surface area contributed by atoms with Crippen LogP contribution in [0.4, 0.5) is 0 Å². The number of methoxy groups -OCH3 is 2. The van der Waals surface area contributed by atoms with Crippen LogP contribution in [0.15, 0.2) is 12.1 Å². The van der Waals surface area contributed by atoms with Crippen molar-refractivity contribution in [3.63, 3.8) is 0 Å². The number of hydrogen-bond acceptors (Lipinski definition) is 2. The number of ether oxygens (including phenoxy) is 2. The minimum absolute atomic E-state index is 0.0985. The Balaban J connectivity index is 2.38. The van der Waals surface area contributed by atoms with Crippen molar-refractivity contribution in [2.24, 2.45) is 11.3 Å². The van der Waals surface area contributed by atoms with Gasteiger partial charge in [0.25, 0.3) is 0 Å². The second kappa shape index (κ2) is 6.66. The number of rotatable bonds is 4. The van der Waals surface area contributed by atoms with Gasteiger partial charge in [0.05, 0.1) is 19.6 Å². The van der Waals surface area contributed by atoms with Gasteiger partial charge < -0.3 is 9.47 Å². The quantitative estimate of drug-likeness (QED) is 0.644. The molecule has 1 saturated carbocycles. The van der Waals surface area contributed by atoms with Crippen molar-refractivity contribution in [1.29, 1.82) is 0 Å². The Morgan fingerprint density at radius 3 is 2.48 bits per heavy atom. The lowest BCUT2D eigenvalue weighted by Crippen LogP contribution is -2.31. The van der Waals surface area contributed by atoms with Gasteiger partial charge in [0.2, 0.25) is 0 Å². The van der Waals surface area contributed by atoms with E-state index in [0.29, 0.717) is 22.4 Å². The van der Waals surface area contributed by atoms with E-state index in [2.05, 4.69) is 13.8 Å². The summed E-state index contributed by atoms with van der Waals surface area (Å²) in [6, 6.07) is 3.84. The van der Waals surface area contributed by atoms with Crippen LogP contribution < -0.4 is 9.47 Å². The fraction of sp³-hybridized carbons (Fsp3) is 0.647. The molecular weight excluding hydrogens is 307 g/mol. The summed E-state index contributed by atoms with van der Waals surface area (Å²) in [4.78, 5) is 0. The van der Waals surface area contributed by atoms with Crippen LogP contribution in [0, 0.1) is 11.3 Å². The first kappa shape index (κ1) is 16.8. The molecule has 21 heavy (non-hydrogen) atoms. The highest BCUT2D eigenvalue weighted by Gasteiger charge is 2.38. The molecule has 1 aromatic rings. The topological polar surface area (TPSA) is 18.5 Å². The summed E-state index contributed by atoms with van der Waals surface area (Å²) in [5.41, 5.74) is 1.20. The summed E-state index contributed by atoms with van der Waals surface area (Å²) < 4.78 is 10.8. The van der Waals surface area contributed by atoms with Crippen molar-refractivity contribution >= 4 is 23.2 Å². The lowest BCUT2D eigenvalue weighted by Gasteiger charge is -2.41. The van der Waals surface area contributed by atoms with E-state index in [4.69, 9.17) is 32.7 Å². The van der Waals surface area contributed by atoms with Crippen molar-refractivity contribution in [3.8, 4) is 11.5 Å². The third-order valence-corrected chi connectivity index (χ3v) is 5.65. The van der Waals surface area contributed by atoms with E-state index in [9.17, 15) is 0 Å². The number of halogens is 2. The normalized spacial score (nSPS) is 22.7. The molecule has 2 unspecified atom stereocenters. The molecule has 1 fully saturated rings. The molecule has 2 atom stereocenters. The Kier molecular flexibility index (Phi) is 5.32. The lowest BCUT2D eigenvalue weighted by molar-refractivity contribution is 0.132. The molecule has 118 valence electrons. The zero-order valence-corrected chi connectivity index (χ0v) is 14.7. The molecule has 0 N–H and O–H groups in total. The summed E-state index contributed by atoms with van der Waals surface area (Å²) in [7, 11) is 3.22. The molecule has 0 heterocycles. The van der Waals surface area contributed by atoms with E-state index < -0.39 is 0 Å². The van der Waals surface area contributed by atoms with Crippen LogP contribution in [-0.4, -0.2) is 14.2 Å². The van der Waals surface area contributed by atoms with Crippen LogP contribution in [0.5, 0.6) is 11.5 Å². The maximum atomic E-state index is 6.84. The van der Waals surface area contributed by atoms with E-state index in [-0.39, 0.29) is 10.8 Å². The van der Waals surface area contributed by atoms with Crippen LogP contribution >= 0.6 is 23.2 Å². The highest BCUT2D eigenvalue weighted by atomic mass is 35.5. The summed E-state index contributed by atoms with van der Waals surface area (Å²) in [6.45, 7) is 4.62. The minimum atomic E-state index is -0.0985. The van der Waals surface area contributed by atoms with Crippen molar-refractivity contribution in [2.45, 2.75) is 44.9 Å². The molecule has 1 aliphatic carbocycles. The molecule has 4 heteroatoms. The summed E-state index contributed by atoms with van der Waals surface area (Å²) in [5, 5.41) is 0.399. The molecule has 0 aromatic heterocycles. The predicted molar refractivity (Wildman–Crippen MR) is 88.9 cm³/mol. The van der Waals surface area contributed by atoms with Crippen LogP contribution in [0.25, 0.3) is 0 Å². The van der Waals surface area contributed by atoms with Gasteiger partial charge in [0.15, 0.2) is 0 Å². The van der Waals surface area contributed by atoms with Gasteiger partial charge in [-0.25, -0.2) is 0 Å². The summed E-state index contributed by atoms with van der Waals surface area (Å²) in [6.07, 6.45) is 4.89. The SMILES string of the molecule is COc1ccc(C(Cl)C2CCCCC2(C)C)c(OC)c1Cl. The largest absolute Gasteiger partial charge is 0.495 e. The van der Waals surface area contributed by atoms with E-state index in [1.165, 1.54) is 19.3 Å². The van der Waals surface area contributed by atoms with Crippen molar-refractivity contribution in [1.82, 2.24) is 0 Å². The number of hydrogen-bond donors (Lipinski definition) is 0.